The van der Waals surface area contributed by atoms with Crippen LogP contribution in [0.5, 0.6) is 0 Å². The minimum atomic E-state index is -0.255. The Morgan fingerprint density at radius 2 is 2.00 bits per heavy atom. The minimum absolute atomic E-state index is 0.0413. The molecule has 1 heterocycles. The molecule has 25 heavy (non-hydrogen) atoms. The molecule has 2 aromatic rings. The topological polar surface area (TPSA) is 87.5 Å². The maximum Gasteiger partial charge on any atom is 0.321 e. The third kappa shape index (κ3) is 4.37. The molecule has 2 N–H and O–H groups in total. The van der Waals surface area contributed by atoms with Gasteiger partial charge in [0.1, 0.15) is 11.5 Å². The summed E-state index contributed by atoms with van der Waals surface area (Å²) in [5.41, 5.74) is 2.97. The highest BCUT2D eigenvalue weighted by Gasteiger charge is 2.29. The van der Waals surface area contributed by atoms with Gasteiger partial charge in [-0.1, -0.05) is 11.2 Å². The van der Waals surface area contributed by atoms with Crippen molar-refractivity contribution in [2.75, 3.05) is 17.7 Å². The average molecular weight is 342 g/mol. The number of carbonyl (C=O) groups is 2. The standard InChI is InChI=1S/C18H22N4O3/c1-11-4-7-14(19-17(23)13-5-6-13)9-16(11)20-18(24)22(3)10-15-8-12(2)25-21-15/h4,7-9,13H,5-6,10H2,1-3H3,(H,19,23)(H,20,24). The average Bonchev–Trinajstić information content (AvgIpc) is 3.34. The van der Waals surface area contributed by atoms with Gasteiger partial charge < -0.3 is 20.1 Å². The number of nitrogens with one attached hydrogen (secondary N) is 2. The van der Waals surface area contributed by atoms with Crippen LogP contribution in [0.2, 0.25) is 0 Å². The van der Waals surface area contributed by atoms with Crippen LogP contribution >= 0.6 is 0 Å². The Balaban J connectivity index is 1.63. The Labute approximate surface area is 146 Å². The van der Waals surface area contributed by atoms with Crippen molar-refractivity contribution in [2.24, 2.45) is 5.92 Å². The number of hydrogen-bond acceptors (Lipinski definition) is 4. The minimum Gasteiger partial charge on any atom is -0.361 e. The van der Waals surface area contributed by atoms with Crippen LogP contribution in [0.15, 0.2) is 28.8 Å². The normalized spacial score (nSPS) is 13.4. The number of rotatable bonds is 5. The van der Waals surface area contributed by atoms with Crippen LogP contribution in [0, 0.1) is 19.8 Å². The van der Waals surface area contributed by atoms with E-state index in [0.29, 0.717) is 29.4 Å². The van der Waals surface area contributed by atoms with Crippen molar-refractivity contribution in [1.29, 1.82) is 0 Å². The first-order valence-electron chi connectivity index (χ1n) is 8.28. The van der Waals surface area contributed by atoms with Crippen LogP contribution in [0.4, 0.5) is 16.2 Å². The smallest absolute Gasteiger partial charge is 0.321 e. The predicted molar refractivity (Wildman–Crippen MR) is 94.3 cm³/mol. The highest BCUT2D eigenvalue weighted by Crippen LogP contribution is 2.30. The molecule has 7 nitrogen and oxygen atoms in total. The first kappa shape index (κ1) is 17.0. The lowest BCUT2D eigenvalue weighted by Crippen LogP contribution is -2.31. The van der Waals surface area contributed by atoms with Crippen molar-refractivity contribution in [3.8, 4) is 0 Å². The molecular formula is C18H22N4O3. The van der Waals surface area contributed by atoms with Crippen molar-refractivity contribution in [3.63, 3.8) is 0 Å². The molecule has 1 saturated carbocycles. The van der Waals surface area contributed by atoms with Gasteiger partial charge in [0.2, 0.25) is 5.91 Å². The lowest BCUT2D eigenvalue weighted by Gasteiger charge is -2.18. The molecule has 0 saturated heterocycles. The third-order valence-electron chi connectivity index (χ3n) is 4.12. The van der Waals surface area contributed by atoms with Gasteiger partial charge in [-0.2, -0.15) is 0 Å². The fraction of sp³-hybridized carbons (Fsp3) is 0.389. The van der Waals surface area contributed by atoms with E-state index in [2.05, 4.69) is 15.8 Å². The molecular weight excluding hydrogens is 320 g/mol. The van der Waals surface area contributed by atoms with E-state index in [-0.39, 0.29) is 17.9 Å². The number of amides is 3. The Morgan fingerprint density at radius 1 is 1.24 bits per heavy atom. The monoisotopic (exact) mass is 342 g/mol. The molecule has 0 unspecified atom stereocenters. The molecule has 1 aliphatic carbocycles. The first-order chi connectivity index (χ1) is 11.9. The molecule has 1 aliphatic rings. The fourth-order valence-corrected chi connectivity index (χ4v) is 2.44. The molecule has 3 amide bonds. The largest absolute Gasteiger partial charge is 0.361 e. The Kier molecular flexibility index (Phi) is 4.74. The molecule has 0 atom stereocenters. The van der Waals surface area contributed by atoms with E-state index in [1.807, 2.05) is 19.1 Å². The molecule has 1 fully saturated rings. The van der Waals surface area contributed by atoms with E-state index >= 15 is 0 Å². The first-order valence-corrected chi connectivity index (χ1v) is 8.28. The number of anilines is 2. The van der Waals surface area contributed by atoms with Crippen LogP contribution in [0.1, 0.15) is 29.9 Å². The third-order valence-corrected chi connectivity index (χ3v) is 4.12. The summed E-state index contributed by atoms with van der Waals surface area (Å²) < 4.78 is 5.01. The van der Waals surface area contributed by atoms with Crippen molar-refractivity contribution in [2.45, 2.75) is 33.2 Å². The zero-order valence-electron chi connectivity index (χ0n) is 14.6. The molecule has 3 rings (SSSR count). The summed E-state index contributed by atoms with van der Waals surface area (Å²) in [5.74, 6) is 0.884. The van der Waals surface area contributed by atoms with E-state index in [4.69, 9.17) is 4.52 Å². The van der Waals surface area contributed by atoms with Crippen LogP contribution in [-0.4, -0.2) is 29.0 Å². The highest BCUT2D eigenvalue weighted by atomic mass is 16.5. The van der Waals surface area contributed by atoms with E-state index < -0.39 is 0 Å². The Bertz CT molecular complexity index is 795. The Hall–Kier alpha value is -2.83. The van der Waals surface area contributed by atoms with Crippen molar-refractivity contribution in [1.82, 2.24) is 10.1 Å². The quantitative estimate of drug-likeness (QED) is 0.873. The maximum absolute atomic E-state index is 12.4. The number of urea groups is 1. The molecule has 7 heteroatoms. The fourth-order valence-electron chi connectivity index (χ4n) is 2.44. The van der Waals surface area contributed by atoms with Crippen LogP contribution < -0.4 is 10.6 Å². The van der Waals surface area contributed by atoms with Gasteiger partial charge in [-0.3, -0.25) is 4.79 Å². The number of benzene rings is 1. The number of carbonyl (C=O) groups excluding carboxylic acids is 2. The number of nitrogens with zero attached hydrogens (tertiary/aromatic N) is 2. The van der Waals surface area contributed by atoms with Crippen molar-refractivity contribution >= 4 is 23.3 Å². The predicted octanol–water partition coefficient (Wildman–Crippen LogP) is 3.30. The van der Waals surface area contributed by atoms with Gasteiger partial charge in [-0.25, -0.2) is 4.79 Å². The van der Waals surface area contributed by atoms with Crippen LogP contribution in [-0.2, 0) is 11.3 Å². The molecule has 1 aromatic heterocycles. The second-order valence-corrected chi connectivity index (χ2v) is 6.51. The van der Waals surface area contributed by atoms with Gasteiger partial charge in [0.15, 0.2) is 0 Å². The van der Waals surface area contributed by atoms with Gasteiger partial charge >= 0.3 is 6.03 Å². The highest BCUT2D eigenvalue weighted by molar-refractivity contribution is 5.96. The summed E-state index contributed by atoms with van der Waals surface area (Å²) in [6.45, 7) is 4.06. The summed E-state index contributed by atoms with van der Waals surface area (Å²) in [7, 11) is 1.69. The van der Waals surface area contributed by atoms with E-state index in [0.717, 1.165) is 18.4 Å². The second kappa shape index (κ2) is 6.96. The van der Waals surface area contributed by atoms with Crippen molar-refractivity contribution < 1.29 is 14.1 Å². The van der Waals surface area contributed by atoms with Gasteiger partial charge in [0.25, 0.3) is 0 Å². The van der Waals surface area contributed by atoms with Crippen LogP contribution in [0.3, 0.4) is 0 Å². The van der Waals surface area contributed by atoms with Crippen molar-refractivity contribution in [3.05, 3.63) is 41.3 Å². The van der Waals surface area contributed by atoms with E-state index in [9.17, 15) is 9.59 Å². The maximum atomic E-state index is 12.4. The summed E-state index contributed by atoms with van der Waals surface area (Å²) >= 11 is 0. The SMILES string of the molecule is Cc1cc(CN(C)C(=O)Nc2cc(NC(=O)C3CC3)ccc2C)no1. The van der Waals surface area contributed by atoms with Gasteiger partial charge in [0.05, 0.1) is 6.54 Å². The van der Waals surface area contributed by atoms with Gasteiger partial charge in [0, 0.05) is 30.4 Å². The number of aryl methyl sites for hydroxylation is 2. The summed E-state index contributed by atoms with van der Waals surface area (Å²) in [6.07, 6.45) is 1.90. The van der Waals surface area contributed by atoms with Crippen LogP contribution in [0.25, 0.3) is 0 Å². The second-order valence-electron chi connectivity index (χ2n) is 6.51. The lowest BCUT2D eigenvalue weighted by atomic mass is 10.1. The summed E-state index contributed by atoms with van der Waals surface area (Å²) in [5, 5.41) is 9.65. The summed E-state index contributed by atoms with van der Waals surface area (Å²) in [6, 6.07) is 7.03. The molecule has 1 aromatic carbocycles. The van der Waals surface area contributed by atoms with Gasteiger partial charge in [-0.05, 0) is 44.4 Å². The van der Waals surface area contributed by atoms with Gasteiger partial charge in [-0.15, -0.1) is 0 Å². The molecule has 0 radical (unpaired) electrons. The number of hydrogen-bond donors (Lipinski definition) is 2. The molecule has 0 aliphatic heterocycles. The number of aromatic nitrogens is 1. The van der Waals surface area contributed by atoms with E-state index in [1.54, 1.807) is 26.1 Å². The lowest BCUT2D eigenvalue weighted by molar-refractivity contribution is -0.117. The Morgan fingerprint density at radius 3 is 2.64 bits per heavy atom. The zero-order chi connectivity index (χ0) is 18.0. The molecule has 0 spiro atoms. The molecule has 132 valence electrons. The molecule has 0 bridgehead atoms. The zero-order valence-corrected chi connectivity index (χ0v) is 14.6. The van der Waals surface area contributed by atoms with E-state index in [1.165, 1.54) is 4.90 Å². The summed E-state index contributed by atoms with van der Waals surface area (Å²) in [4.78, 5) is 25.8.